The number of nitrogens with one attached hydrogen (secondary N) is 1. The molecule has 0 bridgehead atoms. The highest BCUT2D eigenvalue weighted by Crippen LogP contribution is 2.24. The Morgan fingerprint density at radius 3 is 2.67 bits per heavy atom. The van der Waals surface area contributed by atoms with Gasteiger partial charge in [0.05, 0.1) is 17.9 Å². The summed E-state index contributed by atoms with van der Waals surface area (Å²) in [6.07, 6.45) is 0. The number of halogens is 3. The standard InChI is InChI=1S/C9H11BrF2N2O/c10-6-1-2-8(7(13)3-6)14-4-9(11,12)5-15/h1-3,14-15H,4-5,13H2. The largest absolute Gasteiger partial charge is 0.397 e. The molecule has 0 aromatic heterocycles. The zero-order chi connectivity index (χ0) is 11.5. The zero-order valence-corrected chi connectivity index (χ0v) is 9.39. The Balaban J connectivity index is 2.66. The molecule has 0 aliphatic rings. The first-order valence-electron chi connectivity index (χ1n) is 4.22. The van der Waals surface area contributed by atoms with Crippen molar-refractivity contribution in [3.05, 3.63) is 22.7 Å². The summed E-state index contributed by atoms with van der Waals surface area (Å²) in [6.45, 7) is -1.83. The molecule has 15 heavy (non-hydrogen) atoms. The van der Waals surface area contributed by atoms with Gasteiger partial charge in [-0.25, -0.2) is 8.78 Å². The van der Waals surface area contributed by atoms with E-state index >= 15 is 0 Å². The van der Waals surface area contributed by atoms with Crippen LogP contribution in [0, 0.1) is 0 Å². The van der Waals surface area contributed by atoms with Crippen LogP contribution < -0.4 is 11.1 Å². The van der Waals surface area contributed by atoms with Gasteiger partial charge in [0.1, 0.15) is 6.61 Å². The van der Waals surface area contributed by atoms with Crippen molar-refractivity contribution in [1.29, 1.82) is 0 Å². The van der Waals surface area contributed by atoms with Crippen LogP contribution in [0.3, 0.4) is 0 Å². The number of anilines is 2. The van der Waals surface area contributed by atoms with Gasteiger partial charge in [-0.15, -0.1) is 0 Å². The second-order valence-electron chi connectivity index (χ2n) is 3.10. The topological polar surface area (TPSA) is 58.3 Å². The van der Waals surface area contributed by atoms with Gasteiger partial charge in [-0.1, -0.05) is 15.9 Å². The number of rotatable bonds is 4. The van der Waals surface area contributed by atoms with Crippen LogP contribution in [0.15, 0.2) is 22.7 Å². The predicted molar refractivity (Wildman–Crippen MR) is 59.1 cm³/mol. The van der Waals surface area contributed by atoms with Crippen LogP contribution in [0.4, 0.5) is 20.2 Å². The zero-order valence-electron chi connectivity index (χ0n) is 7.80. The molecule has 0 spiro atoms. The lowest BCUT2D eigenvalue weighted by Gasteiger charge is -2.16. The highest BCUT2D eigenvalue weighted by Gasteiger charge is 2.27. The lowest BCUT2D eigenvalue weighted by molar-refractivity contribution is -0.0372. The monoisotopic (exact) mass is 280 g/mol. The highest BCUT2D eigenvalue weighted by atomic mass is 79.9. The van der Waals surface area contributed by atoms with Crippen molar-refractivity contribution in [3.8, 4) is 0 Å². The summed E-state index contributed by atoms with van der Waals surface area (Å²) in [7, 11) is 0. The smallest absolute Gasteiger partial charge is 0.287 e. The van der Waals surface area contributed by atoms with E-state index in [-0.39, 0.29) is 0 Å². The second kappa shape index (κ2) is 4.76. The average molecular weight is 281 g/mol. The van der Waals surface area contributed by atoms with E-state index in [0.29, 0.717) is 11.4 Å². The Labute approximate surface area is 94.4 Å². The summed E-state index contributed by atoms with van der Waals surface area (Å²) < 4.78 is 26.2. The Morgan fingerprint density at radius 1 is 1.47 bits per heavy atom. The summed E-state index contributed by atoms with van der Waals surface area (Å²) in [5.74, 6) is -3.14. The fraction of sp³-hybridized carbons (Fsp3) is 0.333. The van der Waals surface area contributed by atoms with Crippen LogP contribution in [-0.4, -0.2) is 24.2 Å². The Kier molecular flexibility index (Phi) is 3.87. The molecule has 4 N–H and O–H groups in total. The van der Waals surface area contributed by atoms with Crippen LogP contribution in [0.25, 0.3) is 0 Å². The molecular weight excluding hydrogens is 270 g/mol. The van der Waals surface area contributed by atoms with Gasteiger partial charge >= 0.3 is 0 Å². The summed E-state index contributed by atoms with van der Waals surface area (Å²) in [4.78, 5) is 0. The van der Waals surface area contributed by atoms with E-state index in [9.17, 15) is 8.78 Å². The van der Waals surface area contributed by atoms with E-state index in [1.807, 2.05) is 0 Å². The molecule has 0 atom stereocenters. The minimum absolute atomic E-state index is 0.373. The van der Waals surface area contributed by atoms with Crippen molar-refractivity contribution in [1.82, 2.24) is 0 Å². The predicted octanol–water partition coefficient (Wildman–Crippen LogP) is 2.07. The lowest BCUT2D eigenvalue weighted by Crippen LogP contribution is -2.31. The number of nitrogens with two attached hydrogens (primary N) is 1. The Morgan fingerprint density at radius 2 is 2.13 bits per heavy atom. The van der Waals surface area contributed by atoms with Gasteiger partial charge < -0.3 is 16.2 Å². The molecule has 0 aliphatic carbocycles. The van der Waals surface area contributed by atoms with Gasteiger partial charge in [-0.2, -0.15) is 0 Å². The fourth-order valence-corrected chi connectivity index (χ4v) is 1.35. The summed E-state index contributed by atoms with van der Waals surface area (Å²) in [5, 5.41) is 10.8. The molecule has 0 radical (unpaired) electrons. The van der Waals surface area contributed by atoms with Crippen LogP contribution in [0.2, 0.25) is 0 Å². The van der Waals surface area contributed by atoms with Crippen molar-refractivity contribution < 1.29 is 13.9 Å². The van der Waals surface area contributed by atoms with Crippen LogP contribution in [-0.2, 0) is 0 Å². The lowest BCUT2D eigenvalue weighted by atomic mass is 10.2. The molecule has 0 heterocycles. The van der Waals surface area contributed by atoms with Crippen molar-refractivity contribution >= 4 is 27.3 Å². The van der Waals surface area contributed by atoms with Crippen LogP contribution in [0.1, 0.15) is 0 Å². The van der Waals surface area contributed by atoms with E-state index in [1.54, 1.807) is 18.2 Å². The molecule has 3 nitrogen and oxygen atoms in total. The Hall–Kier alpha value is -0.880. The number of nitrogen functional groups attached to an aromatic ring is 1. The van der Waals surface area contributed by atoms with Gasteiger partial charge in [0, 0.05) is 4.47 Å². The van der Waals surface area contributed by atoms with E-state index < -0.39 is 19.1 Å². The maximum atomic E-state index is 12.7. The van der Waals surface area contributed by atoms with E-state index in [4.69, 9.17) is 10.8 Å². The SMILES string of the molecule is Nc1cc(Br)ccc1NCC(F)(F)CO. The number of aliphatic hydroxyl groups is 1. The molecule has 0 fully saturated rings. The maximum absolute atomic E-state index is 12.7. The first kappa shape index (κ1) is 12.2. The molecule has 0 saturated heterocycles. The van der Waals surface area contributed by atoms with E-state index in [0.717, 1.165) is 4.47 Å². The van der Waals surface area contributed by atoms with Gasteiger partial charge in [0.15, 0.2) is 0 Å². The minimum atomic E-state index is -3.14. The number of hydrogen-bond acceptors (Lipinski definition) is 3. The van der Waals surface area contributed by atoms with Gasteiger partial charge in [-0.05, 0) is 18.2 Å². The highest BCUT2D eigenvalue weighted by molar-refractivity contribution is 9.10. The number of aliphatic hydroxyl groups excluding tert-OH is 1. The van der Waals surface area contributed by atoms with Crippen LogP contribution in [0.5, 0.6) is 0 Å². The first-order valence-corrected chi connectivity index (χ1v) is 5.01. The average Bonchev–Trinajstić information content (AvgIpc) is 2.16. The molecule has 84 valence electrons. The fourth-order valence-electron chi connectivity index (χ4n) is 0.975. The molecule has 6 heteroatoms. The molecule has 0 saturated carbocycles. The maximum Gasteiger partial charge on any atom is 0.287 e. The molecule has 0 unspecified atom stereocenters. The third kappa shape index (κ3) is 3.64. The molecule has 1 aromatic rings. The summed E-state index contributed by atoms with van der Waals surface area (Å²) >= 11 is 3.20. The van der Waals surface area contributed by atoms with Gasteiger partial charge in [-0.3, -0.25) is 0 Å². The van der Waals surface area contributed by atoms with Crippen molar-refractivity contribution in [2.75, 3.05) is 24.2 Å². The van der Waals surface area contributed by atoms with Crippen molar-refractivity contribution in [2.24, 2.45) is 0 Å². The van der Waals surface area contributed by atoms with Crippen molar-refractivity contribution in [3.63, 3.8) is 0 Å². The number of hydrogen-bond donors (Lipinski definition) is 3. The van der Waals surface area contributed by atoms with E-state index in [1.165, 1.54) is 0 Å². The third-order valence-corrected chi connectivity index (χ3v) is 2.28. The molecule has 1 rings (SSSR count). The molecule has 0 amide bonds. The third-order valence-electron chi connectivity index (χ3n) is 1.78. The first-order chi connectivity index (χ1) is 6.94. The van der Waals surface area contributed by atoms with Gasteiger partial charge in [0.2, 0.25) is 0 Å². The molecular formula is C9H11BrF2N2O. The summed E-state index contributed by atoms with van der Waals surface area (Å²) in [6, 6.07) is 4.89. The quantitative estimate of drug-likeness (QED) is 0.740. The van der Waals surface area contributed by atoms with Crippen LogP contribution >= 0.6 is 15.9 Å². The minimum Gasteiger partial charge on any atom is -0.397 e. The second-order valence-corrected chi connectivity index (χ2v) is 4.01. The molecule has 0 aliphatic heterocycles. The van der Waals surface area contributed by atoms with Crippen molar-refractivity contribution in [2.45, 2.75) is 5.92 Å². The molecule has 1 aromatic carbocycles. The Bertz CT molecular complexity index is 347. The number of benzene rings is 1. The summed E-state index contributed by atoms with van der Waals surface area (Å²) in [5.41, 5.74) is 6.39. The van der Waals surface area contributed by atoms with Gasteiger partial charge in [0.25, 0.3) is 5.92 Å². The number of alkyl halides is 2. The van der Waals surface area contributed by atoms with E-state index in [2.05, 4.69) is 21.2 Å². The normalized spacial score (nSPS) is 11.5.